The quantitative estimate of drug-likeness (QED) is 0.638. The molecule has 0 N–H and O–H groups in total. The van der Waals surface area contributed by atoms with Crippen molar-refractivity contribution in [2.45, 2.75) is 45.3 Å². The Labute approximate surface area is 166 Å². The molecule has 1 aliphatic rings. The molecule has 0 radical (unpaired) electrons. The Morgan fingerprint density at radius 2 is 1.82 bits per heavy atom. The van der Waals surface area contributed by atoms with Gasteiger partial charge in [-0.15, -0.1) is 0 Å². The number of likely N-dealkylation sites (tertiary alicyclic amines) is 1. The fourth-order valence-corrected chi connectivity index (χ4v) is 4.89. The largest absolute Gasteiger partial charge is 0.441 e. The highest BCUT2D eigenvalue weighted by molar-refractivity contribution is 7.91. The minimum absolute atomic E-state index is 0.223. The van der Waals surface area contributed by atoms with Crippen LogP contribution in [-0.4, -0.2) is 49.5 Å². The predicted octanol–water partition coefficient (Wildman–Crippen LogP) is 3.32. The molecule has 6 nitrogen and oxygen atoms in total. The van der Waals surface area contributed by atoms with Gasteiger partial charge in [-0.1, -0.05) is 17.7 Å². The molecule has 1 aromatic heterocycles. The minimum Gasteiger partial charge on any atom is -0.441 e. The minimum atomic E-state index is -3.57. The summed E-state index contributed by atoms with van der Waals surface area (Å²) < 4.78 is 30.6. The van der Waals surface area contributed by atoms with E-state index in [0.29, 0.717) is 23.8 Å². The molecule has 0 aliphatic carbocycles. The van der Waals surface area contributed by atoms with E-state index in [1.165, 1.54) is 12.8 Å². The van der Waals surface area contributed by atoms with E-state index in [0.717, 1.165) is 37.2 Å². The predicted molar refractivity (Wildman–Crippen MR) is 109 cm³/mol. The molecule has 1 aromatic carbocycles. The topological polar surface area (TPSA) is 80.5 Å². The number of oxazole rings is 1. The van der Waals surface area contributed by atoms with Crippen LogP contribution in [0.2, 0.25) is 0 Å². The van der Waals surface area contributed by atoms with Crippen LogP contribution in [0.4, 0.5) is 0 Å². The molecule has 2 aromatic rings. The number of carbonyl (C=O) groups is 1. The molecule has 0 atom stereocenters. The van der Waals surface area contributed by atoms with E-state index in [9.17, 15) is 13.2 Å². The third-order valence-electron chi connectivity index (χ3n) is 5.06. The maximum atomic E-state index is 12.5. The zero-order valence-electron chi connectivity index (χ0n) is 16.6. The highest BCUT2D eigenvalue weighted by atomic mass is 32.2. The van der Waals surface area contributed by atoms with E-state index >= 15 is 0 Å². The third kappa shape index (κ3) is 5.75. The zero-order valence-corrected chi connectivity index (χ0v) is 17.4. The van der Waals surface area contributed by atoms with Crippen LogP contribution in [0.15, 0.2) is 28.7 Å². The number of Topliss-reactive ketones (excluding diaryl/α,β-unsaturated/α-hetero) is 1. The second-order valence-corrected chi connectivity index (χ2v) is 9.68. The lowest BCUT2D eigenvalue weighted by Gasteiger charge is -2.13. The molecule has 0 amide bonds. The van der Waals surface area contributed by atoms with Crippen LogP contribution >= 0.6 is 0 Å². The van der Waals surface area contributed by atoms with Crippen LogP contribution in [-0.2, 0) is 20.4 Å². The molecule has 1 fully saturated rings. The molecule has 7 heteroatoms. The van der Waals surface area contributed by atoms with Gasteiger partial charge in [-0.25, -0.2) is 13.4 Å². The Morgan fingerprint density at radius 1 is 1.14 bits per heavy atom. The van der Waals surface area contributed by atoms with Crippen LogP contribution in [0.25, 0.3) is 11.5 Å². The second-order valence-electron chi connectivity index (χ2n) is 7.61. The molecule has 0 bridgehead atoms. The first kappa shape index (κ1) is 20.7. The lowest BCUT2D eigenvalue weighted by atomic mass is 10.1. The highest BCUT2D eigenvalue weighted by Crippen LogP contribution is 2.23. The number of ketones is 1. The van der Waals surface area contributed by atoms with Gasteiger partial charge < -0.3 is 9.32 Å². The van der Waals surface area contributed by atoms with Gasteiger partial charge in [-0.05, 0) is 64.9 Å². The Kier molecular flexibility index (Phi) is 6.67. The van der Waals surface area contributed by atoms with Gasteiger partial charge in [0.05, 0.1) is 11.4 Å². The van der Waals surface area contributed by atoms with E-state index in [-0.39, 0.29) is 11.5 Å². The Balaban J connectivity index is 1.55. The molecular formula is C21H28N2O4S. The number of nitrogens with zero attached hydrogens (tertiary/aromatic N) is 2. The van der Waals surface area contributed by atoms with Crippen LogP contribution in [0.3, 0.4) is 0 Å². The van der Waals surface area contributed by atoms with Crippen molar-refractivity contribution in [3.05, 3.63) is 41.3 Å². The number of rotatable bonds is 9. The molecule has 1 aliphatic heterocycles. The molecule has 1 saturated heterocycles. The summed E-state index contributed by atoms with van der Waals surface area (Å²) in [5, 5.41) is 0. The van der Waals surface area contributed by atoms with Crippen molar-refractivity contribution in [3.8, 4) is 11.5 Å². The maximum absolute atomic E-state index is 12.5. The van der Waals surface area contributed by atoms with E-state index in [4.69, 9.17) is 4.42 Å². The maximum Gasteiger partial charge on any atom is 0.226 e. The van der Waals surface area contributed by atoms with Gasteiger partial charge in [0.2, 0.25) is 5.89 Å². The molecule has 0 unspecified atom stereocenters. The van der Waals surface area contributed by atoms with Gasteiger partial charge in [-0.3, -0.25) is 4.79 Å². The normalized spacial score (nSPS) is 15.2. The van der Waals surface area contributed by atoms with Crippen LogP contribution in [0.1, 0.15) is 42.7 Å². The van der Waals surface area contributed by atoms with Crippen molar-refractivity contribution < 1.29 is 17.6 Å². The van der Waals surface area contributed by atoms with Gasteiger partial charge in [0.1, 0.15) is 17.3 Å². The number of sulfone groups is 1. The summed E-state index contributed by atoms with van der Waals surface area (Å²) >= 11 is 0. The SMILES string of the molecule is Cc1ccc(-c2nc(CS(=O)(=O)CC(=O)CCCN3CCCC3)c(C)o2)cc1. The molecular weight excluding hydrogens is 376 g/mol. The van der Waals surface area contributed by atoms with Crippen molar-refractivity contribution in [3.63, 3.8) is 0 Å². The number of aryl methyl sites for hydroxylation is 2. The molecule has 0 spiro atoms. The summed E-state index contributed by atoms with van der Waals surface area (Å²) in [7, 11) is -3.57. The molecule has 2 heterocycles. The first-order valence-electron chi connectivity index (χ1n) is 9.80. The molecule has 28 heavy (non-hydrogen) atoms. The van der Waals surface area contributed by atoms with E-state index in [2.05, 4.69) is 9.88 Å². The fraction of sp³-hybridized carbons (Fsp3) is 0.524. The van der Waals surface area contributed by atoms with Gasteiger partial charge in [-0.2, -0.15) is 0 Å². The lowest BCUT2D eigenvalue weighted by Crippen LogP contribution is -2.23. The second kappa shape index (κ2) is 9.01. The Hall–Kier alpha value is -1.99. The summed E-state index contributed by atoms with van der Waals surface area (Å²) in [6.07, 6.45) is 3.45. The average Bonchev–Trinajstić information content (AvgIpc) is 3.25. The van der Waals surface area contributed by atoms with Gasteiger partial charge >= 0.3 is 0 Å². The first-order chi connectivity index (χ1) is 13.3. The highest BCUT2D eigenvalue weighted by Gasteiger charge is 2.22. The summed E-state index contributed by atoms with van der Waals surface area (Å²) in [6.45, 7) is 6.73. The monoisotopic (exact) mass is 404 g/mol. The molecule has 152 valence electrons. The van der Waals surface area contributed by atoms with Crippen LogP contribution < -0.4 is 0 Å². The van der Waals surface area contributed by atoms with Crippen molar-refractivity contribution in [2.75, 3.05) is 25.4 Å². The summed E-state index contributed by atoms with van der Waals surface area (Å²) in [5.74, 6) is -0.0510. The van der Waals surface area contributed by atoms with E-state index in [1.807, 2.05) is 31.2 Å². The smallest absolute Gasteiger partial charge is 0.226 e. The van der Waals surface area contributed by atoms with Gasteiger partial charge in [0.15, 0.2) is 9.84 Å². The average molecular weight is 405 g/mol. The number of hydrogen-bond acceptors (Lipinski definition) is 6. The Bertz CT molecular complexity index is 910. The molecule has 0 saturated carbocycles. The first-order valence-corrected chi connectivity index (χ1v) is 11.6. The van der Waals surface area contributed by atoms with Crippen molar-refractivity contribution in [1.82, 2.24) is 9.88 Å². The Morgan fingerprint density at radius 3 is 2.50 bits per heavy atom. The number of hydrogen-bond donors (Lipinski definition) is 0. The van der Waals surface area contributed by atoms with Crippen LogP contribution in [0.5, 0.6) is 0 Å². The van der Waals surface area contributed by atoms with E-state index < -0.39 is 15.6 Å². The molecule has 3 rings (SSSR count). The van der Waals surface area contributed by atoms with Crippen LogP contribution in [0, 0.1) is 13.8 Å². The fourth-order valence-electron chi connectivity index (χ4n) is 3.46. The van der Waals surface area contributed by atoms with Crippen molar-refractivity contribution in [1.29, 1.82) is 0 Å². The number of aromatic nitrogens is 1. The zero-order chi connectivity index (χ0) is 20.1. The van der Waals surface area contributed by atoms with Gasteiger partial charge in [0, 0.05) is 12.0 Å². The summed E-state index contributed by atoms with van der Waals surface area (Å²) in [4.78, 5) is 18.8. The van der Waals surface area contributed by atoms with Gasteiger partial charge in [0.25, 0.3) is 0 Å². The lowest BCUT2D eigenvalue weighted by molar-refractivity contribution is -0.116. The number of benzene rings is 1. The number of carbonyl (C=O) groups excluding carboxylic acids is 1. The van der Waals surface area contributed by atoms with Crippen molar-refractivity contribution in [2.24, 2.45) is 0 Å². The van der Waals surface area contributed by atoms with Crippen molar-refractivity contribution >= 4 is 15.6 Å². The standard InChI is InChI=1S/C21H28N2O4S/c1-16-7-9-18(10-8-16)21-22-20(17(2)27-21)15-28(25,26)14-19(24)6-5-13-23-11-3-4-12-23/h7-10H,3-6,11-15H2,1-2H3. The summed E-state index contributed by atoms with van der Waals surface area (Å²) in [6, 6.07) is 7.68. The van der Waals surface area contributed by atoms with E-state index in [1.54, 1.807) is 6.92 Å². The third-order valence-corrected chi connectivity index (χ3v) is 6.53. The summed E-state index contributed by atoms with van der Waals surface area (Å²) in [5.41, 5.74) is 2.30.